The number of benzene rings is 2. The van der Waals surface area contributed by atoms with Crippen LogP contribution in [0.1, 0.15) is 10.4 Å². The van der Waals surface area contributed by atoms with Gasteiger partial charge in [-0.2, -0.15) is 0 Å². The first-order chi connectivity index (χ1) is 8.97. The highest BCUT2D eigenvalue weighted by Gasteiger charge is 2.09. The molecule has 2 rings (SSSR count). The maximum atomic E-state index is 11.9. The van der Waals surface area contributed by atoms with Crippen LogP contribution < -0.4 is 11.1 Å². The lowest BCUT2D eigenvalue weighted by Gasteiger charge is -2.07. The summed E-state index contributed by atoms with van der Waals surface area (Å²) in [5, 5.41) is 12.4. The molecule has 19 heavy (non-hydrogen) atoms. The molecule has 4 nitrogen and oxygen atoms in total. The van der Waals surface area contributed by atoms with Crippen LogP contribution in [0.2, 0.25) is 10.0 Å². The first kappa shape index (κ1) is 13.5. The summed E-state index contributed by atoms with van der Waals surface area (Å²) >= 11 is 11.6. The number of hydrogen-bond donors (Lipinski definition) is 3. The molecule has 0 bridgehead atoms. The maximum Gasteiger partial charge on any atom is 0.255 e. The first-order valence-corrected chi connectivity index (χ1v) is 6.08. The lowest BCUT2D eigenvalue weighted by molar-refractivity contribution is 0.102. The van der Waals surface area contributed by atoms with E-state index in [1.165, 1.54) is 18.2 Å². The highest BCUT2D eigenvalue weighted by atomic mass is 35.5. The summed E-state index contributed by atoms with van der Waals surface area (Å²) in [4.78, 5) is 11.9. The molecule has 6 heteroatoms. The number of nitrogens with one attached hydrogen (secondary N) is 1. The van der Waals surface area contributed by atoms with Gasteiger partial charge < -0.3 is 16.2 Å². The van der Waals surface area contributed by atoms with Gasteiger partial charge in [0.15, 0.2) is 0 Å². The van der Waals surface area contributed by atoms with E-state index in [1.807, 2.05) is 0 Å². The second-order valence-corrected chi connectivity index (χ2v) is 4.67. The molecule has 1 amide bonds. The summed E-state index contributed by atoms with van der Waals surface area (Å²) in [6, 6.07) is 8.99. The zero-order chi connectivity index (χ0) is 14.0. The predicted molar refractivity (Wildman–Crippen MR) is 76.9 cm³/mol. The molecule has 0 heterocycles. The number of anilines is 2. The van der Waals surface area contributed by atoms with Gasteiger partial charge in [-0.15, -0.1) is 0 Å². The van der Waals surface area contributed by atoms with Crippen LogP contribution in [0, 0.1) is 0 Å². The number of carbonyl (C=O) groups excluding carboxylic acids is 1. The van der Waals surface area contributed by atoms with Gasteiger partial charge in [-0.05, 0) is 36.4 Å². The van der Waals surface area contributed by atoms with E-state index in [9.17, 15) is 9.90 Å². The molecule has 0 aliphatic heterocycles. The highest BCUT2D eigenvalue weighted by molar-refractivity contribution is 6.33. The maximum absolute atomic E-state index is 11.9. The van der Waals surface area contributed by atoms with Gasteiger partial charge in [0, 0.05) is 11.3 Å². The van der Waals surface area contributed by atoms with E-state index in [0.717, 1.165) is 0 Å². The predicted octanol–water partition coefficient (Wildman–Crippen LogP) is 3.53. The molecule has 2 aromatic rings. The van der Waals surface area contributed by atoms with Gasteiger partial charge in [0.25, 0.3) is 5.91 Å². The summed E-state index contributed by atoms with van der Waals surface area (Å²) in [6.45, 7) is 0. The lowest BCUT2D eigenvalue weighted by atomic mass is 10.2. The normalized spacial score (nSPS) is 10.2. The van der Waals surface area contributed by atoms with E-state index in [1.54, 1.807) is 18.2 Å². The van der Waals surface area contributed by atoms with Gasteiger partial charge in [-0.3, -0.25) is 4.79 Å². The average molecular weight is 297 g/mol. The van der Waals surface area contributed by atoms with Crippen LogP contribution in [0.25, 0.3) is 0 Å². The van der Waals surface area contributed by atoms with Crippen molar-refractivity contribution in [3.8, 4) is 5.75 Å². The van der Waals surface area contributed by atoms with Gasteiger partial charge in [0.2, 0.25) is 0 Å². The van der Waals surface area contributed by atoms with Crippen molar-refractivity contribution >= 4 is 40.5 Å². The Morgan fingerprint density at radius 3 is 2.47 bits per heavy atom. The number of amides is 1. The largest absolute Gasteiger partial charge is 0.506 e. The molecule has 0 saturated heterocycles. The van der Waals surface area contributed by atoms with Crippen molar-refractivity contribution in [3.63, 3.8) is 0 Å². The fourth-order valence-corrected chi connectivity index (χ4v) is 1.82. The Morgan fingerprint density at radius 1 is 1.11 bits per heavy atom. The summed E-state index contributed by atoms with van der Waals surface area (Å²) in [6.07, 6.45) is 0. The number of hydrogen-bond acceptors (Lipinski definition) is 3. The molecule has 0 fully saturated rings. The first-order valence-electron chi connectivity index (χ1n) is 5.32. The van der Waals surface area contributed by atoms with E-state index >= 15 is 0 Å². The Balaban J connectivity index is 2.20. The summed E-state index contributed by atoms with van der Waals surface area (Å²) in [7, 11) is 0. The highest BCUT2D eigenvalue weighted by Crippen LogP contribution is 2.25. The van der Waals surface area contributed by atoms with Crippen LogP contribution in [0.5, 0.6) is 5.75 Å². The molecule has 0 aliphatic rings. The van der Waals surface area contributed by atoms with E-state index in [-0.39, 0.29) is 16.7 Å². The fraction of sp³-hybridized carbons (Fsp3) is 0. The average Bonchev–Trinajstić information content (AvgIpc) is 2.37. The molecule has 2 aromatic carbocycles. The van der Waals surface area contributed by atoms with Crippen molar-refractivity contribution in [1.82, 2.24) is 0 Å². The number of nitrogens with two attached hydrogens (primary N) is 1. The monoisotopic (exact) mass is 296 g/mol. The van der Waals surface area contributed by atoms with Crippen LogP contribution >= 0.6 is 23.2 Å². The Hall–Kier alpha value is -1.91. The number of carbonyl (C=O) groups is 1. The number of aromatic hydroxyl groups is 1. The van der Waals surface area contributed by atoms with Gasteiger partial charge >= 0.3 is 0 Å². The van der Waals surface area contributed by atoms with E-state index in [0.29, 0.717) is 22.0 Å². The standard InChI is InChI=1S/C13H10Cl2N2O2/c14-9-6-8(2-3-11(9)16)17-13(19)7-1-4-12(18)10(15)5-7/h1-6,18H,16H2,(H,17,19). The smallest absolute Gasteiger partial charge is 0.255 e. The number of nitrogen functional groups attached to an aromatic ring is 1. The van der Waals surface area contributed by atoms with Crippen LogP contribution in [0.4, 0.5) is 11.4 Å². The molecule has 0 unspecified atom stereocenters. The molecular formula is C13H10Cl2N2O2. The van der Waals surface area contributed by atoms with Gasteiger partial charge in [0.1, 0.15) is 5.75 Å². The fourth-order valence-electron chi connectivity index (χ4n) is 1.46. The Labute approximate surface area is 119 Å². The quantitative estimate of drug-likeness (QED) is 0.742. The molecule has 4 N–H and O–H groups in total. The summed E-state index contributed by atoms with van der Waals surface area (Å²) in [5.41, 5.74) is 6.87. The zero-order valence-electron chi connectivity index (χ0n) is 9.65. The van der Waals surface area contributed by atoms with Gasteiger partial charge in [-0.1, -0.05) is 23.2 Å². The number of rotatable bonds is 2. The van der Waals surface area contributed by atoms with Crippen LogP contribution in [0.3, 0.4) is 0 Å². The van der Waals surface area contributed by atoms with Crippen molar-refractivity contribution in [2.24, 2.45) is 0 Å². The molecule has 0 aromatic heterocycles. The van der Waals surface area contributed by atoms with Crippen LogP contribution in [-0.2, 0) is 0 Å². The van der Waals surface area contributed by atoms with Crippen molar-refractivity contribution in [3.05, 3.63) is 52.0 Å². The van der Waals surface area contributed by atoms with E-state index in [2.05, 4.69) is 5.32 Å². The second kappa shape index (κ2) is 5.38. The third-order valence-corrected chi connectivity index (χ3v) is 3.10. The molecule has 0 aliphatic carbocycles. The Morgan fingerprint density at radius 2 is 1.84 bits per heavy atom. The van der Waals surface area contributed by atoms with Crippen LogP contribution in [0.15, 0.2) is 36.4 Å². The summed E-state index contributed by atoms with van der Waals surface area (Å²) in [5.74, 6) is -0.434. The minimum Gasteiger partial charge on any atom is -0.506 e. The summed E-state index contributed by atoms with van der Waals surface area (Å²) < 4.78 is 0. The molecule has 98 valence electrons. The van der Waals surface area contributed by atoms with Crippen molar-refractivity contribution in [2.75, 3.05) is 11.1 Å². The lowest BCUT2D eigenvalue weighted by Crippen LogP contribution is -2.11. The van der Waals surface area contributed by atoms with E-state index < -0.39 is 0 Å². The molecule has 0 radical (unpaired) electrons. The minimum atomic E-state index is -0.359. The van der Waals surface area contributed by atoms with Crippen molar-refractivity contribution < 1.29 is 9.90 Å². The second-order valence-electron chi connectivity index (χ2n) is 3.86. The van der Waals surface area contributed by atoms with Crippen LogP contribution in [-0.4, -0.2) is 11.0 Å². The van der Waals surface area contributed by atoms with E-state index in [4.69, 9.17) is 28.9 Å². The zero-order valence-corrected chi connectivity index (χ0v) is 11.2. The Kier molecular flexibility index (Phi) is 3.83. The molecule has 0 saturated carbocycles. The molecule has 0 atom stereocenters. The minimum absolute atomic E-state index is 0.0752. The van der Waals surface area contributed by atoms with Gasteiger partial charge in [-0.25, -0.2) is 0 Å². The molecule has 0 spiro atoms. The Bertz CT molecular complexity index is 645. The van der Waals surface area contributed by atoms with Crippen molar-refractivity contribution in [2.45, 2.75) is 0 Å². The topological polar surface area (TPSA) is 75.3 Å². The number of phenols is 1. The molecular weight excluding hydrogens is 287 g/mol. The van der Waals surface area contributed by atoms with Crippen molar-refractivity contribution in [1.29, 1.82) is 0 Å². The van der Waals surface area contributed by atoms with Gasteiger partial charge in [0.05, 0.1) is 15.7 Å². The third kappa shape index (κ3) is 3.10. The SMILES string of the molecule is Nc1ccc(NC(=O)c2ccc(O)c(Cl)c2)cc1Cl. The number of phenolic OH excluding ortho intramolecular Hbond substituents is 1. The third-order valence-electron chi connectivity index (χ3n) is 2.47. The number of halogens is 2.